The van der Waals surface area contributed by atoms with Gasteiger partial charge in [-0.15, -0.1) is 10.1 Å². The molecule has 0 radical (unpaired) electrons. The van der Waals surface area contributed by atoms with Crippen LogP contribution in [-0.4, -0.2) is 16.7 Å². The third-order valence-electron chi connectivity index (χ3n) is 3.45. The average Bonchev–Trinajstić information content (AvgIpc) is 2.59. The van der Waals surface area contributed by atoms with Gasteiger partial charge in [0.1, 0.15) is 0 Å². The molecule has 120 valence electrons. The number of allylic oxidation sites excluding steroid dienone is 1. The fraction of sp³-hybridized carbons (Fsp3) is 0.278. The Kier molecular flexibility index (Phi) is 6.78. The van der Waals surface area contributed by atoms with Gasteiger partial charge in [0.15, 0.2) is 0 Å². The molecule has 0 unspecified atom stereocenters. The minimum atomic E-state index is -0.740. The Morgan fingerprint density at radius 2 is 1.87 bits per heavy atom. The Hall–Kier alpha value is -2.69. The topological polar surface area (TPSA) is 65.3 Å². The summed E-state index contributed by atoms with van der Waals surface area (Å²) in [6, 6.07) is 14.2. The van der Waals surface area contributed by atoms with Crippen molar-refractivity contribution in [1.29, 1.82) is 0 Å². The first-order valence-corrected chi connectivity index (χ1v) is 7.70. The highest BCUT2D eigenvalue weighted by molar-refractivity contribution is 5.79. The van der Waals surface area contributed by atoms with Crippen molar-refractivity contribution in [3.05, 3.63) is 82.2 Å². The number of nitrogens with zero attached hydrogens (tertiary/aromatic N) is 2. The molecule has 0 saturated heterocycles. The van der Waals surface area contributed by atoms with Crippen LogP contribution in [-0.2, 0) is 4.84 Å². The van der Waals surface area contributed by atoms with Gasteiger partial charge in [0.25, 0.3) is 5.09 Å². The summed E-state index contributed by atoms with van der Waals surface area (Å²) in [7, 11) is 0. The maximum absolute atomic E-state index is 10.1. The number of unbranched alkanes of at least 4 members (excludes halogenated alkanes) is 3. The molecule has 1 aromatic carbocycles. The zero-order valence-electron chi connectivity index (χ0n) is 12.9. The zero-order valence-corrected chi connectivity index (χ0v) is 12.9. The van der Waals surface area contributed by atoms with Crippen LogP contribution < -0.4 is 0 Å². The van der Waals surface area contributed by atoms with Crippen LogP contribution in [0.2, 0.25) is 0 Å². The van der Waals surface area contributed by atoms with Crippen LogP contribution in [0.4, 0.5) is 0 Å². The molecule has 0 N–H and O–H groups in total. The molecule has 0 fully saturated rings. The van der Waals surface area contributed by atoms with Gasteiger partial charge in [0.05, 0.1) is 6.61 Å². The monoisotopic (exact) mass is 312 g/mol. The second-order valence-electron chi connectivity index (χ2n) is 5.13. The van der Waals surface area contributed by atoms with E-state index >= 15 is 0 Å². The minimum Gasteiger partial charge on any atom is -0.314 e. The molecule has 0 aliphatic carbocycles. The molecular formula is C18H20N2O3. The Balaban J connectivity index is 1.94. The Morgan fingerprint density at radius 3 is 2.57 bits per heavy atom. The van der Waals surface area contributed by atoms with E-state index in [2.05, 4.69) is 34.1 Å². The molecule has 0 spiro atoms. The smallest absolute Gasteiger partial charge is 0.294 e. The van der Waals surface area contributed by atoms with Crippen molar-refractivity contribution in [1.82, 2.24) is 4.98 Å². The van der Waals surface area contributed by atoms with E-state index in [0.29, 0.717) is 6.42 Å². The van der Waals surface area contributed by atoms with Gasteiger partial charge in [-0.1, -0.05) is 48.9 Å². The molecule has 0 amide bonds. The lowest BCUT2D eigenvalue weighted by molar-refractivity contribution is -0.757. The van der Waals surface area contributed by atoms with Crippen molar-refractivity contribution in [2.24, 2.45) is 0 Å². The molecule has 0 aliphatic rings. The van der Waals surface area contributed by atoms with Crippen LogP contribution in [0.15, 0.2) is 60.9 Å². The second-order valence-corrected chi connectivity index (χ2v) is 5.13. The summed E-state index contributed by atoms with van der Waals surface area (Å²) >= 11 is 0. The predicted octanol–water partition coefficient (Wildman–Crippen LogP) is 4.28. The quantitative estimate of drug-likeness (QED) is 0.394. The lowest BCUT2D eigenvalue weighted by Crippen LogP contribution is -2.01. The molecule has 23 heavy (non-hydrogen) atoms. The standard InChI is InChI=1S/C18H20N2O3/c21-20(22)23-14-7-2-1-6-12-18(16-9-4-3-5-10-16)17-11-8-13-19-15-17/h3-5,8-13,15H,1-2,6-7,14H2/b18-12+. The van der Waals surface area contributed by atoms with Gasteiger partial charge >= 0.3 is 0 Å². The number of pyridine rings is 1. The maximum atomic E-state index is 10.1. The van der Waals surface area contributed by atoms with Gasteiger partial charge in [0, 0.05) is 18.0 Å². The molecule has 2 rings (SSSR count). The number of rotatable bonds is 9. The normalized spacial score (nSPS) is 11.2. The van der Waals surface area contributed by atoms with Crippen molar-refractivity contribution >= 4 is 5.57 Å². The van der Waals surface area contributed by atoms with Gasteiger partial charge in [-0.05, 0) is 36.5 Å². The predicted molar refractivity (Wildman–Crippen MR) is 89.2 cm³/mol. The van der Waals surface area contributed by atoms with Gasteiger partial charge in [0.2, 0.25) is 0 Å². The van der Waals surface area contributed by atoms with Crippen molar-refractivity contribution in [2.45, 2.75) is 25.7 Å². The summed E-state index contributed by atoms with van der Waals surface area (Å²) < 4.78 is 0. The SMILES string of the molecule is O=[N+]([O-])OCCCCC/C=C(\c1ccccc1)c1cccnc1. The second kappa shape index (κ2) is 9.35. The van der Waals surface area contributed by atoms with E-state index in [4.69, 9.17) is 0 Å². The van der Waals surface area contributed by atoms with Crippen LogP contribution in [0.25, 0.3) is 5.57 Å². The van der Waals surface area contributed by atoms with Crippen molar-refractivity contribution in [2.75, 3.05) is 6.61 Å². The number of aromatic nitrogens is 1. The molecule has 0 aliphatic heterocycles. The molecule has 0 bridgehead atoms. The highest BCUT2D eigenvalue weighted by Gasteiger charge is 2.04. The fourth-order valence-corrected chi connectivity index (χ4v) is 2.35. The molecule has 0 atom stereocenters. The van der Waals surface area contributed by atoms with Crippen LogP contribution in [0.5, 0.6) is 0 Å². The van der Waals surface area contributed by atoms with Crippen LogP contribution >= 0.6 is 0 Å². The highest BCUT2D eigenvalue weighted by Crippen LogP contribution is 2.23. The van der Waals surface area contributed by atoms with Gasteiger partial charge in [-0.3, -0.25) is 4.98 Å². The van der Waals surface area contributed by atoms with Crippen LogP contribution in [0.3, 0.4) is 0 Å². The first kappa shape index (κ1) is 16.7. The zero-order chi connectivity index (χ0) is 16.3. The highest BCUT2D eigenvalue weighted by atomic mass is 16.9. The fourth-order valence-electron chi connectivity index (χ4n) is 2.35. The maximum Gasteiger partial charge on any atom is 0.294 e. The Morgan fingerprint density at radius 1 is 1.09 bits per heavy atom. The summed E-state index contributed by atoms with van der Waals surface area (Å²) in [5.41, 5.74) is 3.42. The number of hydrogen-bond donors (Lipinski definition) is 0. The van der Waals surface area contributed by atoms with Crippen molar-refractivity contribution in [3.8, 4) is 0 Å². The van der Waals surface area contributed by atoms with Gasteiger partial charge < -0.3 is 4.84 Å². The minimum absolute atomic E-state index is 0.171. The van der Waals surface area contributed by atoms with Gasteiger partial charge in [-0.2, -0.15) is 0 Å². The summed E-state index contributed by atoms with van der Waals surface area (Å²) in [5.74, 6) is 0. The van der Waals surface area contributed by atoms with Crippen molar-refractivity contribution in [3.63, 3.8) is 0 Å². The van der Waals surface area contributed by atoms with Crippen molar-refractivity contribution < 1.29 is 9.92 Å². The first-order chi connectivity index (χ1) is 11.3. The third-order valence-corrected chi connectivity index (χ3v) is 3.45. The Labute approximate surface area is 135 Å². The lowest BCUT2D eigenvalue weighted by atomic mass is 9.97. The van der Waals surface area contributed by atoms with E-state index in [1.54, 1.807) is 6.20 Å². The largest absolute Gasteiger partial charge is 0.314 e. The van der Waals surface area contributed by atoms with E-state index in [9.17, 15) is 10.1 Å². The number of hydrogen-bond acceptors (Lipinski definition) is 4. The number of benzene rings is 1. The molecule has 0 saturated carbocycles. The van der Waals surface area contributed by atoms with Crippen LogP contribution in [0.1, 0.15) is 36.8 Å². The van der Waals surface area contributed by atoms with E-state index in [0.717, 1.165) is 30.4 Å². The molecule has 5 nitrogen and oxygen atoms in total. The first-order valence-electron chi connectivity index (χ1n) is 7.70. The van der Waals surface area contributed by atoms with E-state index in [1.165, 1.54) is 5.57 Å². The van der Waals surface area contributed by atoms with E-state index in [1.807, 2.05) is 30.5 Å². The lowest BCUT2D eigenvalue weighted by Gasteiger charge is -2.08. The molecule has 1 aromatic heterocycles. The molecular weight excluding hydrogens is 292 g/mol. The third kappa shape index (κ3) is 5.90. The van der Waals surface area contributed by atoms with E-state index in [-0.39, 0.29) is 6.61 Å². The summed E-state index contributed by atoms with van der Waals surface area (Å²) in [4.78, 5) is 18.6. The Bertz CT molecular complexity index is 586. The summed E-state index contributed by atoms with van der Waals surface area (Å²) in [5, 5.41) is 9.32. The molecule has 2 aromatic rings. The summed E-state index contributed by atoms with van der Waals surface area (Å²) in [6.45, 7) is 0.171. The molecule has 1 heterocycles. The molecule has 5 heteroatoms. The summed E-state index contributed by atoms with van der Waals surface area (Å²) in [6.07, 6.45) is 9.32. The van der Waals surface area contributed by atoms with Gasteiger partial charge in [-0.25, -0.2) is 0 Å². The van der Waals surface area contributed by atoms with E-state index < -0.39 is 5.09 Å². The van der Waals surface area contributed by atoms with Crippen LogP contribution in [0, 0.1) is 10.1 Å². The average molecular weight is 312 g/mol.